The van der Waals surface area contributed by atoms with E-state index in [1.165, 1.54) is 23.6 Å². The number of benzene rings is 2. The molecule has 1 aliphatic heterocycles. The Bertz CT molecular complexity index is 1100. The Morgan fingerprint density at radius 1 is 0.971 bits per heavy atom. The summed E-state index contributed by atoms with van der Waals surface area (Å²) in [6.45, 7) is 0.523. The van der Waals surface area contributed by atoms with Gasteiger partial charge in [0.25, 0.3) is 5.91 Å². The van der Waals surface area contributed by atoms with Gasteiger partial charge in [-0.1, -0.05) is 61.7 Å². The molecule has 182 valence electrons. The third kappa shape index (κ3) is 5.85. The van der Waals surface area contributed by atoms with E-state index < -0.39 is 22.0 Å². The summed E-state index contributed by atoms with van der Waals surface area (Å²) in [6, 6.07) is 15.1. The second-order valence-electron chi connectivity index (χ2n) is 9.07. The van der Waals surface area contributed by atoms with Crippen LogP contribution in [0.1, 0.15) is 55.7 Å². The topological polar surface area (TPSA) is 92.8 Å². The Labute approximate surface area is 201 Å². The molecular formula is C26H32N2O5S. The van der Waals surface area contributed by atoms with Crippen LogP contribution in [0.5, 0.6) is 0 Å². The first-order chi connectivity index (χ1) is 16.4. The number of hydrogen-bond donors (Lipinski definition) is 1. The Morgan fingerprint density at radius 3 is 2.44 bits per heavy atom. The van der Waals surface area contributed by atoms with E-state index in [1.807, 2.05) is 24.3 Å². The first-order valence-electron chi connectivity index (χ1n) is 12.0. The summed E-state index contributed by atoms with van der Waals surface area (Å²) < 4.78 is 33.4. The van der Waals surface area contributed by atoms with Crippen LogP contribution < -0.4 is 5.32 Å². The van der Waals surface area contributed by atoms with Gasteiger partial charge >= 0.3 is 5.97 Å². The van der Waals surface area contributed by atoms with Gasteiger partial charge in [0.1, 0.15) is 0 Å². The predicted octanol–water partition coefficient (Wildman–Crippen LogP) is 3.60. The number of ether oxygens (including phenoxy) is 1. The van der Waals surface area contributed by atoms with Gasteiger partial charge in [0.15, 0.2) is 6.61 Å². The van der Waals surface area contributed by atoms with E-state index in [4.69, 9.17) is 4.74 Å². The maximum Gasteiger partial charge on any atom is 0.308 e. The molecule has 0 radical (unpaired) electrons. The van der Waals surface area contributed by atoms with Crippen LogP contribution in [0.4, 0.5) is 0 Å². The van der Waals surface area contributed by atoms with Crippen molar-refractivity contribution in [3.63, 3.8) is 0 Å². The minimum Gasteiger partial charge on any atom is -0.456 e. The molecule has 1 saturated carbocycles. The van der Waals surface area contributed by atoms with Crippen molar-refractivity contribution in [3.8, 4) is 0 Å². The number of fused-ring (bicyclic) bond motifs is 1. The Kier molecular flexibility index (Phi) is 8.00. The lowest BCUT2D eigenvalue weighted by molar-refractivity contribution is -0.149. The maximum atomic E-state index is 13.4. The molecule has 0 aromatic heterocycles. The van der Waals surface area contributed by atoms with E-state index in [1.54, 1.807) is 30.3 Å². The lowest BCUT2D eigenvalue weighted by Crippen LogP contribution is -2.41. The van der Waals surface area contributed by atoms with Gasteiger partial charge in [-0.15, -0.1) is 0 Å². The van der Waals surface area contributed by atoms with E-state index in [-0.39, 0.29) is 30.4 Å². The van der Waals surface area contributed by atoms with Crippen LogP contribution in [0.15, 0.2) is 59.5 Å². The number of nitrogens with zero attached hydrogens (tertiary/aromatic N) is 1. The Balaban J connectivity index is 1.42. The molecule has 2 aromatic rings. The van der Waals surface area contributed by atoms with Gasteiger partial charge in [0.05, 0.1) is 17.4 Å². The minimum atomic E-state index is -3.81. The molecule has 0 spiro atoms. The van der Waals surface area contributed by atoms with Crippen molar-refractivity contribution in [2.24, 2.45) is 5.92 Å². The van der Waals surface area contributed by atoms with Crippen molar-refractivity contribution >= 4 is 21.9 Å². The summed E-state index contributed by atoms with van der Waals surface area (Å²) in [5, 5.41) is 2.86. The number of carbonyl (C=O) groups excluding carboxylic acids is 2. The second-order valence-corrected chi connectivity index (χ2v) is 11.0. The zero-order chi connectivity index (χ0) is 24.0. The van der Waals surface area contributed by atoms with Crippen molar-refractivity contribution in [2.45, 2.75) is 55.9 Å². The first kappa shape index (κ1) is 24.4. The van der Waals surface area contributed by atoms with Crippen molar-refractivity contribution in [2.75, 3.05) is 19.7 Å². The average molecular weight is 485 g/mol. The standard InChI is InChI=1S/C26H32N2O5S/c29-25(27-18-20-9-3-1-4-10-20)19-33-26(30)17-24-23-14-8-7-11-21(23)15-16-28(24)34(31,32)22-12-5-2-6-13-22/h2,5-8,11-14,20,24H,1,3-4,9-10,15-19H2,(H,27,29). The third-order valence-corrected chi connectivity index (χ3v) is 8.67. The van der Waals surface area contributed by atoms with Crippen molar-refractivity contribution in [3.05, 3.63) is 65.7 Å². The summed E-state index contributed by atoms with van der Waals surface area (Å²) in [4.78, 5) is 25.1. The van der Waals surface area contributed by atoms with E-state index >= 15 is 0 Å². The number of rotatable bonds is 8. The maximum absolute atomic E-state index is 13.4. The molecular weight excluding hydrogens is 452 g/mol. The van der Waals surface area contributed by atoms with E-state index in [9.17, 15) is 18.0 Å². The fourth-order valence-corrected chi connectivity index (χ4v) is 6.55. The summed E-state index contributed by atoms with van der Waals surface area (Å²) >= 11 is 0. The van der Waals surface area contributed by atoms with Gasteiger partial charge in [-0.2, -0.15) is 4.31 Å². The molecule has 2 aromatic carbocycles. The van der Waals surface area contributed by atoms with Crippen LogP contribution in [0.2, 0.25) is 0 Å². The SMILES string of the molecule is O=C(COC(=O)CC1c2ccccc2CCN1S(=O)(=O)c1ccccc1)NCC1CCCCC1. The molecule has 8 heteroatoms. The van der Waals surface area contributed by atoms with Crippen LogP contribution in [-0.4, -0.2) is 44.3 Å². The van der Waals surface area contributed by atoms with Crippen LogP contribution in [0.25, 0.3) is 0 Å². The summed E-state index contributed by atoms with van der Waals surface area (Å²) in [5.74, 6) is -0.427. The highest BCUT2D eigenvalue weighted by Crippen LogP contribution is 2.36. The lowest BCUT2D eigenvalue weighted by atomic mass is 9.89. The molecule has 1 fully saturated rings. The van der Waals surface area contributed by atoms with Crippen molar-refractivity contribution in [1.29, 1.82) is 0 Å². The van der Waals surface area contributed by atoms with Gasteiger partial charge in [-0.25, -0.2) is 8.42 Å². The molecule has 0 saturated heterocycles. The lowest BCUT2D eigenvalue weighted by Gasteiger charge is -2.36. The number of esters is 1. The highest BCUT2D eigenvalue weighted by molar-refractivity contribution is 7.89. The number of hydrogen-bond acceptors (Lipinski definition) is 5. The third-order valence-electron chi connectivity index (χ3n) is 6.75. The Hall–Kier alpha value is -2.71. The fraction of sp³-hybridized carbons (Fsp3) is 0.462. The quantitative estimate of drug-likeness (QED) is 0.578. The number of nitrogens with one attached hydrogen (secondary N) is 1. The predicted molar refractivity (Wildman–Crippen MR) is 128 cm³/mol. The largest absolute Gasteiger partial charge is 0.456 e. The average Bonchev–Trinajstić information content (AvgIpc) is 2.87. The zero-order valence-corrected chi connectivity index (χ0v) is 20.1. The zero-order valence-electron chi connectivity index (χ0n) is 19.3. The molecule has 1 amide bonds. The summed E-state index contributed by atoms with van der Waals surface area (Å²) in [6.07, 6.45) is 6.29. The van der Waals surface area contributed by atoms with Gasteiger partial charge in [-0.3, -0.25) is 9.59 Å². The molecule has 0 bridgehead atoms. The van der Waals surface area contributed by atoms with E-state index in [2.05, 4.69) is 5.32 Å². The smallest absolute Gasteiger partial charge is 0.308 e. The molecule has 1 atom stereocenters. The van der Waals surface area contributed by atoms with Gasteiger partial charge < -0.3 is 10.1 Å². The molecule has 1 N–H and O–H groups in total. The minimum absolute atomic E-state index is 0.154. The first-order valence-corrected chi connectivity index (χ1v) is 13.5. The van der Waals surface area contributed by atoms with E-state index in [0.717, 1.165) is 24.0 Å². The van der Waals surface area contributed by atoms with Crippen LogP contribution in [-0.2, 0) is 30.8 Å². The monoisotopic (exact) mass is 484 g/mol. The van der Waals surface area contributed by atoms with Gasteiger partial charge in [0.2, 0.25) is 10.0 Å². The molecule has 34 heavy (non-hydrogen) atoms. The molecule has 4 rings (SSSR count). The van der Waals surface area contributed by atoms with Crippen LogP contribution in [0, 0.1) is 5.92 Å². The number of sulfonamides is 1. The van der Waals surface area contributed by atoms with Crippen LogP contribution in [0.3, 0.4) is 0 Å². The van der Waals surface area contributed by atoms with Crippen LogP contribution >= 0.6 is 0 Å². The van der Waals surface area contributed by atoms with Crippen molar-refractivity contribution in [1.82, 2.24) is 9.62 Å². The Morgan fingerprint density at radius 2 is 1.68 bits per heavy atom. The normalized spacial score (nSPS) is 19.2. The van der Waals surface area contributed by atoms with Crippen molar-refractivity contribution < 1.29 is 22.7 Å². The number of amides is 1. The molecule has 1 heterocycles. The summed E-state index contributed by atoms with van der Waals surface area (Å²) in [5.41, 5.74) is 1.82. The summed E-state index contributed by atoms with van der Waals surface area (Å²) in [7, 11) is -3.81. The molecule has 1 unspecified atom stereocenters. The second kappa shape index (κ2) is 11.1. The highest BCUT2D eigenvalue weighted by atomic mass is 32.2. The van der Waals surface area contributed by atoms with E-state index in [0.29, 0.717) is 18.9 Å². The van der Waals surface area contributed by atoms with Gasteiger partial charge in [-0.05, 0) is 48.4 Å². The highest BCUT2D eigenvalue weighted by Gasteiger charge is 2.37. The fourth-order valence-electron chi connectivity index (χ4n) is 4.92. The number of carbonyl (C=O) groups is 2. The van der Waals surface area contributed by atoms with Gasteiger partial charge in [0, 0.05) is 13.1 Å². The molecule has 2 aliphatic rings. The molecule has 7 nitrogen and oxygen atoms in total. The molecule has 1 aliphatic carbocycles.